The number of carboxylic acids is 1. The molecule has 6 heteroatoms. The third-order valence-electron chi connectivity index (χ3n) is 4.36. The number of hydrogen-bond acceptors (Lipinski definition) is 4. The van der Waals surface area contributed by atoms with Gasteiger partial charge in [0.1, 0.15) is 0 Å². The molecule has 0 aliphatic heterocycles. The minimum Gasteiger partial charge on any atom is -0.550 e. The molecular formula is C20H26LiNO3Si. The average molecular weight is 363 g/mol. The number of rotatable bonds is 7. The summed E-state index contributed by atoms with van der Waals surface area (Å²) in [4.78, 5) is 10.8. The number of aliphatic carboxylic acids is 1. The first kappa shape index (κ1) is 22.7. The van der Waals surface area contributed by atoms with Crippen LogP contribution in [-0.4, -0.2) is 26.9 Å². The van der Waals surface area contributed by atoms with E-state index in [1.165, 1.54) is 0 Å². The molecule has 1 atom stereocenters. The van der Waals surface area contributed by atoms with Gasteiger partial charge in [0, 0.05) is 18.4 Å². The summed E-state index contributed by atoms with van der Waals surface area (Å²) in [6.07, 6.45) is -0.210. The van der Waals surface area contributed by atoms with Gasteiger partial charge in [-0.2, -0.15) is 0 Å². The molecule has 0 aliphatic carbocycles. The molecule has 0 aliphatic rings. The normalized spacial score (nSPS) is 12.9. The molecule has 2 aromatic rings. The van der Waals surface area contributed by atoms with Crippen LogP contribution in [0.15, 0.2) is 60.7 Å². The molecule has 0 fully saturated rings. The number of benzene rings is 2. The SMILES string of the molecule is CC(C)(C)[Si](OC[C@@H](N)CC(=O)[O-])(c1ccccc1)c1ccccc1.[Li+]. The number of carbonyl (C=O) groups is 1. The zero-order valence-corrected chi connectivity index (χ0v) is 17.1. The summed E-state index contributed by atoms with van der Waals surface area (Å²) in [5.74, 6) is -1.15. The van der Waals surface area contributed by atoms with E-state index in [1.54, 1.807) is 0 Å². The van der Waals surface area contributed by atoms with Crippen LogP contribution in [0.25, 0.3) is 0 Å². The molecule has 0 saturated heterocycles. The van der Waals surface area contributed by atoms with Gasteiger partial charge in [0.15, 0.2) is 0 Å². The van der Waals surface area contributed by atoms with E-state index < -0.39 is 20.3 Å². The zero-order valence-electron chi connectivity index (χ0n) is 16.1. The fourth-order valence-corrected chi connectivity index (χ4v) is 7.89. The molecule has 2 aromatic carbocycles. The summed E-state index contributed by atoms with van der Waals surface area (Å²) in [5.41, 5.74) is 5.96. The molecule has 2 N–H and O–H groups in total. The monoisotopic (exact) mass is 363 g/mol. The predicted octanol–water partition coefficient (Wildman–Crippen LogP) is -1.97. The van der Waals surface area contributed by atoms with Crippen molar-refractivity contribution in [2.45, 2.75) is 38.3 Å². The van der Waals surface area contributed by atoms with Gasteiger partial charge in [-0.1, -0.05) is 81.4 Å². The molecule has 2 rings (SSSR count). The molecule has 0 spiro atoms. The van der Waals surface area contributed by atoms with Gasteiger partial charge in [-0.15, -0.1) is 0 Å². The van der Waals surface area contributed by atoms with Crippen LogP contribution in [0.3, 0.4) is 0 Å². The van der Waals surface area contributed by atoms with Crippen molar-refractivity contribution in [1.82, 2.24) is 0 Å². The van der Waals surface area contributed by atoms with Crippen molar-refractivity contribution in [3.63, 3.8) is 0 Å². The molecule has 134 valence electrons. The summed E-state index contributed by atoms with van der Waals surface area (Å²) in [5, 5.41) is 13.0. The van der Waals surface area contributed by atoms with Gasteiger partial charge in [0.2, 0.25) is 0 Å². The number of nitrogens with two attached hydrogens (primary N) is 1. The number of hydrogen-bond donors (Lipinski definition) is 1. The van der Waals surface area contributed by atoms with E-state index in [0.717, 1.165) is 10.4 Å². The maximum atomic E-state index is 10.8. The van der Waals surface area contributed by atoms with Crippen LogP contribution < -0.4 is 40.1 Å². The Balaban J connectivity index is 0.00000338. The molecule has 0 saturated carbocycles. The Morgan fingerprint density at radius 1 is 1.04 bits per heavy atom. The molecule has 0 bridgehead atoms. The average Bonchev–Trinajstić information content (AvgIpc) is 2.55. The molecule has 0 heterocycles. The largest absolute Gasteiger partial charge is 1.00 e. The van der Waals surface area contributed by atoms with Crippen molar-refractivity contribution in [3.8, 4) is 0 Å². The fraction of sp³-hybridized carbons (Fsp3) is 0.350. The Morgan fingerprint density at radius 3 is 1.81 bits per heavy atom. The number of carbonyl (C=O) groups excluding carboxylic acids is 1. The van der Waals surface area contributed by atoms with E-state index in [0.29, 0.717) is 0 Å². The second kappa shape index (κ2) is 9.54. The smallest absolute Gasteiger partial charge is 0.550 e. The molecule has 0 aromatic heterocycles. The van der Waals surface area contributed by atoms with Crippen LogP contribution in [0.4, 0.5) is 0 Å². The summed E-state index contributed by atoms with van der Waals surface area (Å²) < 4.78 is 6.55. The zero-order chi connectivity index (χ0) is 18.5. The van der Waals surface area contributed by atoms with Gasteiger partial charge >= 0.3 is 18.9 Å². The van der Waals surface area contributed by atoms with Crippen molar-refractivity contribution in [3.05, 3.63) is 60.7 Å². The molecule has 0 radical (unpaired) electrons. The van der Waals surface area contributed by atoms with Gasteiger partial charge in [0.05, 0.1) is 6.61 Å². The van der Waals surface area contributed by atoms with Crippen molar-refractivity contribution >= 4 is 24.7 Å². The van der Waals surface area contributed by atoms with E-state index >= 15 is 0 Å². The predicted molar refractivity (Wildman–Crippen MR) is 101 cm³/mol. The quantitative estimate of drug-likeness (QED) is 0.580. The Bertz CT molecular complexity index is 650. The van der Waals surface area contributed by atoms with Crippen molar-refractivity contribution in [2.24, 2.45) is 5.73 Å². The van der Waals surface area contributed by atoms with Gasteiger partial charge in [0.25, 0.3) is 8.32 Å². The topological polar surface area (TPSA) is 75.4 Å². The van der Waals surface area contributed by atoms with Crippen LogP contribution in [0.1, 0.15) is 27.2 Å². The van der Waals surface area contributed by atoms with Gasteiger partial charge in [-0.3, -0.25) is 0 Å². The third kappa shape index (κ3) is 5.09. The second-order valence-electron chi connectivity index (χ2n) is 7.31. The summed E-state index contributed by atoms with van der Waals surface area (Å²) in [6, 6.07) is 19.8. The molecular weight excluding hydrogens is 337 g/mol. The third-order valence-corrected chi connectivity index (χ3v) is 9.36. The maximum absolute atomic E-state index is 10.8. The Kier molecular flexibility index (Phi) is 8.33. The first-order chi connectivity index (χ1) is 11.8. The fourth-order valence-electron chi connectivity index (χ4n) is 3.27. The maximum Gasteiger partial charge on any atom is 1.00 e. The van der Waals surface area contributed by atoms with Crippen LogP contribution in [-0.2, 0) is 9.22 Å². The summed E-state index contributed by atoms with van der Waals surface area (Å²) in [7, 11) is -2.66. The van der Waals surface area contributed by atoms with E-state index in [2.05, 4.69) is 45.0 Å². The van der Waals surface area contributed by atoms with Crippen LogP contribution in [0.5, 0.6) is 0 Å². The first-order valence-electron chi connectivity index (χ1n) is 8.48. The van der Waals surface area contributed by atoms with Gasteiger partial charge in [-0.05, 0) is 15.4 Å². The standard InChI is InChI=1S/C20H27NO3Si.Li/c1-20(2,3)25(17-10-6-4-7-11-17,18-12-8-5-9-13-18)24-15-16(21)14-19(22)23;/h4-13,16H,14-15,21H2,1-3H3,(H,22,23);/q;+1/p-1/t16-;/m0./s1. The van der Waals surface area contributed by atoms with Crippen molar-refractivity contribution in [2.75, 3.05) is 6.61 Å². The van der Waals surface area contributed by atoms with Gasteiger partial charge < -0.3 is 20.1 Å². The second-order valence-corrected chi connectivity index (χ2v) is 11.6. The minimum atomic E-state index is -2.66. The van der Waals surface area contributed by atoms with Crippen LogP contribution >= 0.6 is 0 Å². The van der Waals surface area contributed by atoms with E-state index in [9.17, 15) is 9.90 Å². The first-order valence-corrected chi connectivity index (χ1v) is 10.4. The molecule has 0 amide bonds. The van der Waals surface area contributed by atoms with E-state index in [1.807, 2.05) is 36.4 Å². The Morgan fingerprint density at radius 2 is 1.46 bits per heavy atom. The van der Waals surface area contributed by atoms with Crippen LogP contribution in [0, 0.1) is 0 Å². The minimum absolute atomic E-state index is 0. The van der Waals surface area contributed by atoms with Crippen LogP contribution in [0.2, 0.25) is 5.04 Å². The van der Waals surface area contributed by atoms with E-state index in [-0.39, 0.29) is 36.9 Å². The van der Waals surface area contributed by atoms with Crippen molar-refractivity contribution < 1.29 is 33.2 Å². The molecule has 26 heavy (non-hydrogen) atoms. The summed E-state index contributed by atoms with van der Waals surface area (Å²) in [6.45, 7) is 6.69. The molecule has 4 nitrogen and oxygen atoms in total. The van der Waals surface area contributed by atoms with E-state index in [4.69, 9.17) is 10.2 Å². The summed E-state index contributed by atoms with van der Waals surface area (Å²) >= 11 is 0. The van der Waals surface area contributed by atoms with Gasteiger partial charge in [-0.25, -0.2) is 0 Å². The Hall–Kier alpha value is -1.36. The number of carboxylic acid groups (broad SMARTS) is 1. The Labute approximate surface area is 169 Å². The van der Waals surface area contributed by atoms with Crippen molar-refractivity contribution in [1.29, 1.82) is 0 Å². The molecule has 0 unspecified atom stereocenters.